The first kappa shape index (κ1) is 11.9. The van der Waals surface area contributed by atoms with E-state index in [9.17, 15) is 4.79 Å². The first-order chi connectivity index (χ1) is 6.17. The van der Waals surface area contributed by atoms with Gasteiger partial charge in [-0.05, 0) is 13.0 Å². The van der Waals surface area contributed by atoms with Crippen LogP contribution in [0.2, 0.25) is 0 Å². The van der Waals surface area contributed by atoms with Gasteiger partial charge in [0.1, 0.15) is 0 Å². The summed E-state index contributed by atoms with van der Waals surface area (Å²) in [7, 11) is 0. The summed E-state index contributed by atoms with van der Waals surface area (Å²) in [5.41, 5.74) is 5.23. The van der Waals surface area contributed by atoms with Gasteiger partial charge >= 0.3 is 0 Å². The van der Waals surface area contributed by atoms with Gasteiger partial charge in [-0.2, -0.15) is 5.26 Å². The molecule has 0 aliphatic heterocycles. The van der Waals surface area contributed by atoms with Crippen LogP contribution in [0.25, 0.3) is 0 Å². The van der Waals surface area contributed by atoms with Gasteiger partial charge in [-0.25, -0.2) is 0 Å². The lowest BCUT2D eigenvalue weighted by atomic mass is 10.1. The number of hydrogen-bond donors (Lipinski definition) is 1. The van der Waals surface area contributed by atoms with Crippen molar-refractivity contribution in [2.24, 2.45) is 5.73 Å². The molecule has 0 radical (unpaired) electrons. The third-order valence-electron chi connectivity index (χ3n) is 2.07. The molecule has 0 rings (SSSR count). The summed E-state index contributed by atoms with van der Waals surface area (Å²) in [5, 5.41) is 8.41. The lowest BCUT2D eigenvalue weighted by Gasteiger charge is -2.26. The molecule has 0 bridgehead atoms. The number of nitriles is 1. The molecular formula is C9H17N3O. The summed E-state index contributed by atoms with van der Waals surface area (Å²) < 4.78 is 0. The van der Waals surface area contributed by atoms with E-state index in [4.69, 9.17) is 11.0 Å². The highest BCUT2D eigenvalue weighted by Crippen LogP contribution is 2.03. The molecule has 13 heavy (non-hydrogen) atoms. The highest BCUT2D eigenvalue weighted by atomic mass is 16.1. The summed E-state index contributed by atoms with van der Waals surface area (Å²) in [6.07, 6.45) is 1.15. The maximum Gasteiger partial charge on any atom is 0.234 e. The van der Waals surface area contributed by atoms with E-state index in [1.807, 2.05) is 18.7 Å². The maximum absolute atomic E-state index is 11.0. The van der Waals surface area contributed by atoms with E-state index in [-0.39, 0.29) is 11.9 Å². The Morgan fingerprint density at radius 2 is 2.23 bits per heavy atom. The van der Waals surface area contributed by atoms with Crippen molar-refractivity contribution in [3.8, 4) is 6.07 Å². The van der Waals surface area contributed by atoms with Gasteiger partial charge < -0.3 is 5.73 Å². The Bertz CT molecular complexity index is 198. The van der Waals surface area contributed by atoms with Gasteiger partial charge in [-0.3, -0.25) is 9.69 Å². The van der Waals surface area contributed by atoms with Crippen LogP contribution >= 0.6 is 0 Å². The third-order valence-corrected chi connectivity index (χ3v) is 2.07. The van der Waals surface area contributed by atoms with E-state index in [0.29, 0.717) is 19.4 Å². The zero-order valence-corrected chi connectivity index (χ0v) is 8.29. The fourth-order valence-corrected chi connectivity index (χ4v) is 1.37. The van der Waals surface area contributed by atoms with E-state index in [1.165, 1.54) is 0 Å². The number of nitrogens with two attached hydrogens (primary N) is 1. The standard InChI is InChI=1S/C9H17N3O/c1-3-8(9(11)13)12(4-2)7-5-6-10/h8H,3-5,7H2,1-2H3,(H2,11,13). The maximum atomic E-state index is 11.0. The smallest absolute Gasteiger partial charge is 0.234 e. The molecule has 0 saturated heterocycles. The van der Waals surface area contributed by atoms with Gasteiger partial charge in [-0.1, -0.05) is 13.8 Å². The first-order valence-electron chi connectivity index (χ1n) is 4.57. The van der Waals surface area contributed by atoms with Crippen molar-refractivity contribution in [1.82, 2.24) is 4.90 Å². The molecule has 0 aliphatic carbocycles. The Balaban J connectivity index is 4.18. The molecule has 0 spiro atoms. The second-order valence-electron chi connectivity index (χ2n) is 2.86. The van der Waals surface area contributed by atoms with E-state index < -0.39 is 0 Å². The summed E-state index contributed by atoms with van der Waals surface area (Å²) in [4.78, 5) is 12.9. The predicted molar refractivity (Wildman–Crippen MR) is 50.8 cm³/mol. The number of likely N-dealkylation sites (N-methyl/N-ethyl adjacent to an activating group) is 1. The Hall–Kier alpha value is -1.08. The van der Waals surface area contributed by atoms with Gasteiger partial charge in [0, 0.05) is 13.0 Å². The van der Waals surface area contributed by atoms with Crippen LogP contribution in [0.4, 0.5) is 0 Å². The van der Waals surface area contributed by atoms with E-state index in [1.54, 1.807) is 0 Å². The van der Waals surface area contributed by atoms with Crippen LogP contribution in [0.5, 0.6) is 0 Å². The Kier molecular flexibility index (Phi) is 5.90. The van der Waals surface area contributed by atoms with E-state index in [0.717, 1.165) is 6.54 Å². The molecule has 0 aromatic heterocycles. The monoisotopic (exact) mass is 183 g/mol. The molecule has 0 fully saturated rings. The SMILES string of the molecule is CCC(C(N)=O)N(CC)CCC#N. The van der Waals surface area contributed by atoms with Crippen LogP contribution in [0, 0.1) is 11.3 Å². The third kappa shape index (κ3) is 3.90. The molecule has 74 valence electrons. The quantitative estimate of drug-likeness (QED) is 0.651. The fourth-order valence-electron chi connectivity index (χ4n) is 1.37. The van der Waals surface area contributed by atoms with Crippen LogP contribution in [-0.2, 0) is 4.79 Å². The Morgan fingerprint density at radius 3 is 2.54 bits per heavy atom. The molecule has 1 amide bonds. The van der Waals surface area contributed by atoms with Crippen LogP contribution in [-0.4, -0.2) is 29.9 Å². The molecule has 1 atom stereocenters. The second-order valence-corrected chi connectivity index (χ2v) is 2.86. The summed E-state index contributed by atoms with van der Waals surface area (Å²) in [6.45, 7) is 5.25. The Morgan fingerprint density at radius 1 is 1.62 bits per heavy atom. The average Bonchev–Trinajstić information content (AvgIpc) is 2.11. The minimum atomic E-state index is -0.303. The fraction of sp³-hybridized carbons (Fsp3) is 0.778. The molecule has 1 unspecified atom stereocenters. The van der Waals surface area contributed by atoms with Crippen LogP contribution in [0.3, 0.4) is 0 Å². The summed E-state index contributed by atoms with van der Waals surface area (Å²) in [5.74, 6) is -0.303. The first-order valence-corrected chi connectivity index (χ1v) is 4.57. The topological polar surface area (TPSA) is 70.1 Å². The number of carbonyl (C=O) groups is 1. The summed E-state index contributed by atoms with van der Waals surface area (Å²) in [6, 6.07) is 1.83. The van der Waals surface area contributed by atoms with Crippen molar-refractivity contribution < 1.29 is 4.79 Å². The van der Waals surface area contributed by atoms with Crippen molar-refractivity contribution >= 4 is 5.91 Å². The number of hydrogen-bond acceptors (Lipinski definition) is 3. The largest absolute Gasteiger partial charge is 0.368 e. The van der Waals surface area contributed by atoms with Crippen molar-refractivity contribution in [2.45, 2.75) is 32.7 Å². The number of amides is 1. The average molecular weight is 183 g/mol. The zero-order valence-electron chi connectivity index (χ0n) is 8.29. The second kappa shape index (κ2) is 6.44. The molecule has 0 aromatic rings. The minimum Gasteiger partial charge on any atom is -0.368 e. The summed E-state index contributed by atoms with van der Waals surface area (Å²) >= 11 is 0. The molecule has 4 heteroatoms. The number of carbonyl (C=O) groups excluding carboxylic acids is 1. The lowest BCUT2D eigenvalue weighted by molar-refractivity contribution is -0.123. The predicted octanol–water partition coefficient (Wildman–Crippen LogP) is 0.486. The molecular weight excluding hydrogens is 166 g/mol. The molecule has 4 nitrogen and oxygen atoms in total. The Labute approximate surface area is 79.3 Å². The molecule has 0 saturated carbocycles. The van der Waals surface area contributed by atoms with Crippen molar-refractivity contribution in [1.29, 1.82) is 5.26 Å². The van der Waals surface area contributed by atoms with Gasteiger partial charge in [0.05, 0.1) is 12.1 Å². The molecule has 0 aromatic carbocycles. The van der Waals surface area contributed by atoms with Gasteiger partial charge in [0.15, 0.2) is 0 Å². The van der Waals surface area contributed by atoms with Gasteiger partial charge in [0.25, 0.3) is 0 Å². The molecule has 0 aliphatic rings. The zero-order chi connectivity index (χ0) is 10.3. The lowest BCUT2D eigenvalue weighted by Crippen LogP contribution is -2.44. The number of rotatable bonds is 6. The van der Waals surface area contributed by atoms with Crippen molar-refractivity contribution in [3.05, 3.63) is 0 Å². The molecule has 2 N–H and O–H groups in total. The van der Waals surface area contributed by atoms with Crippen LogP contribution in [0.1, 0.15) is 26.7 Å². The van der Waals surface area contributed by atoms with Crippen molar-refractivity contribution in [3.63, 3.8) is 0 Å². The highest BCUT2D eigenvalue weighted by Gasteiger charge is 2.19. The number of primary amides is 1. The van der Waals surface area contributed by atoms with Gasteiger partial charge in [0.2, 0.25) is 5.91 Å². The van der Waals surface area contributed by atoms with Crippen molar-refractivity contribution in [2.75, 3.05) is 13.1 Å². The van der Waals surface area contributed by atoms with E-state index >= 15 is 0 Å². The van der Waals surface area contributed by atoms with Gasteiger partial charge in [-0.15, -0.1) is 0 Å². The van der Waals surface area contributed by atoms with Crippen LogP contribution < -0.4 is 5.73 Å². The highest BCUT2D eigenvalue weighted by molar-refractivity contribution is 5.79. The van der Waals surface area contributed by atoms with Crippen LogP contribution in [0.15, 0.2) is 0 Å². The van der Waals surface area contributed by atoms with E-state index in [2.05, 4.69) is 6.07 Å². The molecule has 0 heterocycles. The minimum absolute atomic E-state index is 0.224. The number of nitrogens with zero attached hydrogens (tertiary/aromatic N) is 2. The normalized spacial score (nSPS) is 12.5.